The third-order valence-electron chi connectivity index (χ3n) is 1.93. The predicted molar refractivity (Wildman–Crippen MR) is 52.7 cm³/mol. The van der Waals surface area contributed by atoms with Crippen LogP contribution in [0.2, 0.25) is 0 Å². The lowest BCUT2D eigenvalue weighted by molar-refractivity contribution is 0.796. The fraction of sp³-hybridized carbons (Fsp3) is 0.273. The number of terminal acetylenes is 1. The standard InChI is InChI=1S/C11H13N/c1-3-4-9(2)10-5-7-11(12)8-6-10/h1,5-9H,4,12H2,2H3. The minimum Gasteiger partial charge on any atom is -0.399 e. The summed E-state index contributed by atoms with van der Waals surface area (Å²) < 4.78 is 0. The molecule has 0 bridgehead atoms. The van der Waals surface area contributed by atoms with E-state index in [1.165, 1.54) is 5.56 Å². The van der Waals surface area contributed by atoms with Crippen LogP contribution in [0, 0.1) is 12.3 Å². The second-order valence-electron chi connectivity index (χ2n) is 2.98. The average molecular weight is 159 g/mol. The minimum atomic E-state index is 0.426. The summed E-state index contributed by atoms with van der Waals surface area (Å²) in [6.45, 7) is 2.12. The van der Waals surface area contributed by atoms with E-state index >= 15 is 0 Å². The summed E-state index contributed by atoms with van der Waals surface area (Å²) in [6, 6.07) is 7.86. The van der Waals surface area contributed by atoms with Crippen LogP contribution >= 0.6 is 0 Å². The number of nitrogens with two attached hydrogens (primary N) is 1. The molecular formula is C11H13N. The van der Waals surface area contributed by atoms with Gasteiger partial charge in [-0.05, 0) is 23.6 Å². The first kappa shape index (κ1) is 8.67. The molecule has 12 heavy (non-hydrogen) atoms. The number of rotatable bonds is 2. The van der Waals surface area contributed by atoms with Gasteiger partial charge in [-0.2, -0.15) is 0 Å². The number of benzene rings is 1. The average Bonchev–Trinajstić information content (AvgIpc) is 2.06. The summed E-state index contributed by atoms with van der Waals surface area (Å²) in [5, 5.41) is 0. The van der Waals surface area contributed by atoms with Crippen molar-refractivity contribution < 1.29 is 0 Å². The Morgan fingerprint density at radius 3 is 2.50 bits per heavy atom. The molecule has 1 atom stereocenters. The van der Waals surface area contributed by atoms with Gasteiger partial charge in [0.1, 0.15) is 0 Å². The van der Waals surface area contributed by atoms with Crippen molar-refractivity contribution in [2.24, 2.45) is 0 Å². The third-order valence-corrected chi connectivity index (χ3v) is 1.93. The van der Waals surface area contributed by atoms with Crippen LogP contribution in [-0.4, -0.2) is 0 Å². The first-order chi connectivity index (χ1) is 5.74. The Kier molecular flexibility index (Phi) is 2.76. The topological polar surface area (TPSA) is 26.0 Å². The fourth-order valence-corrected chi connectivity index (χ4v) is 1.12. The van der Waals surface area contributed by atoms with E-state index in [1.54, 1.807) is 0 Å². The van der Waals surface area contributed by atoms with Gasteiger partial charge in [0, 0.05) is 12.1 Å². The van der Waals surface area contributed by atoms with Gasteiger partial charge in [-0.1, -0.05) is 19.1 Å². The Morgan fingerprint density at radius 1 is 1.42 bits per heavy atom. The number of hydrogen-bond acceptors (Lipinski definition) is 1. The summed E-state index contributed by atoms with van der Waals surface area (Å²) in [4.78, 5) is 0. The third kappa shape index (κ3) is 2.03. The van der Waals surface area contributed by atoms with Gasteiger partial charge in [0.25, 0.3) is 0 Å². The molecule has 0 radical (unpaired) electrons. The maximum atomic E-state index is 5.56. The second-order valence-corrected chi connectivity index (χ2v) is 2.98. The lowest BCUT2D eigenvalue weighted by atomic mass is 9.98. The van der Waals surface area contributed by atoms with Crippen LogP contribution in [0.5, 0.6) is 0 Å². The molecule has 0 aliphatic carbocycles. The van der Waals surface area contributed by atoms with Crippen LogP contribution < -0.4 is 5.73 Å². The maximum absolute atomic E-state index is 5.56. The lowest BCUT2D eigenvalue weighted by Crippen LogP contribution is -1.92. The van der Waals surface area contributed by atoms with Gasteiger partial charge < -0.3 is 5.73 Å². The molecule has 0 heterocycles. The summed E-state index contributed by atoms with van der Waals surface area (Å²) in [5.74, 6) is 3.08. The molecule has 1 unspecified atom stereocenters. The van der Waals surface area contributed by atoms with Gasteiger partial charge in [0.2, 0.25) is 0 Å². The van der Waals surface area contributed by atoms with E-state index in [-0.39, 0.29) is 0 Å². The molecule has 0 amide bonds. The summed E-state index contributed by atoms with van der Waals surface area (Å²) in [6.07, 6.45) is 6.00. The van der Waals surface area contributed by atoms with Crippen LogP contribution in [-0.2, 0) is 0 Å². The Morgan fingerprint density at radius 2 is 2.00 bits per heavy atom. The normalized spacial score (nSPS) is 12.0. The first-order valence-corrected chi connectivity index (χ1v) is 4.03. The molecule has 1 heteroatoms. The van der Waals surface area contributed by atoms with Crippen LogP contribution in [0.15, 0.2) is 24.3 Å². The molecule has 1 rings (SSSR count). The quantitative estimate of drug-likeness (QED) is 0.520. The van der Waals surface area contributed by atoms with Crippen molar-refractivity contribution in [2.75, 3.05) is 5.73 Å². The second kappa shape index (κ2) is 3.82. The summed E-state index contributed by atoms with van der Waals surface area (Å²) >= 11 is 0. The molecular weight excluding hydrogens is 146 g/mol. The zero-order valence-electron chi connectivity index (χ0n) is 7.25. The SMILES string of the molecule is C#CCC(C)c1ccc(N)cc1. The molecule has 0 aliphatic heterocycles. The number of anilines is 1. The van der Waals surface area contributed by atoms with Crippen molar-refractivity contribution in [2.45, 2.75) is 19.3 Å². The number of hydrogen-bond donors (Lipinski definition) is 1. The molecule has 1 aromatic rings. The smallest absolute Gasteiger partial charge is 0.0314 e. The van der Waals surface area contributed by atoms with E-state index in [4.69, 9.17) is 12.2 Å². The molecule has 1 aromatic carbocycles. The van der Waals surface area contributed by atoms with Crippen LogP contribution in [0.25, 0.3) is 0 Å². The molecule has 62 valence electrons. The van der Waals surface area contributed by atoms with Crippen molar-refractivity contribution in [3.63, 3.8) is 0 Å². The monoisotopic (exact) mass is 159 g/mol. The van der Waals surface area contributed by atoms with E-state index in [0.29, 0.717) is 5.92 Å². The highest BCUT2D eigenvalue weighted by Crippen LogP contribution is 2.18. The van der Waals surface area contributed by atoms with Crippen molar-refractivity contribution >= 4 is 5.69 Å². The molecule has 0 aromatic heterocycles. The van der Waals surface area contributed by atoms with E-state index in [1.807, 2.05) is 24.3 Å². The zero-order valence-corrected chi connectivity index (χ0v) is 7.25. The molecule has 0 saturated carbocycles. The summed E-state index contributed by atoms with van der Waals surface area (Å²) in [7, 11) is 0. The van der Waals surface area contributed by atoms with Gasteiger partial charge >= 0.3 is 0 Å². The first-order valence-electron chi connectivity index (χ1n) is 4.03. The molecule has 1 nitrogen and oxygen atoms in total. The highest BCUT2D eigenvalue weighted by molar-refractivity contribution is 5.40. The molecule has 0 spiro atoms. The largest absolute Gasteiger partial charge is 0.399 e. The van der Waals surface area contributed by atoms with Gasteiger partial charge in [-0.3, -0.25) is 0 Å². The Labute approximate surface area is 73.6 Å². The predicted octanol–water partition coefficient (Wildman–Crippen LogP) is 2.40. The van der Waals surface area contributed by atoms with E-state index in [9.17, 15) is 0 Å². The van der Waals surface area contributed by atoms with Crippen LogP contribution in [0.3, 0.4) is 0 Å². The van der Waals surface area contributed by atoms with Gasteiger partial charge in [-0.25, -0.2) is 0 Å². The fourth-order valence-electron chi connectivity index (χ4n) is 1.12. The van der Waals surface area contributed by atoms with Gasteiger partial charge in [-0.15, -0.1) is 12.3 Å². The van der Waals surface area contributed by atoms with Crippen molar-refractivity contribution in [3.8, 4) is 12.3 Å². The maximum Gasteiger partial charge on any atom is 0.0314 e. The number of nitrogen functional groups attached to an aromatic ring is 1. The Bertz CT molecular complexity index is 279. The molecule has 0 saturated heterocycles. The van der Waals surface area contributed by atoms with E-state index in [2.05, 4.69) is 12.8 Å². The van der Waals surface area contributed by atoms with Crippen molar-refractivity contribution in [3.05, 3.63) is 29.8 Å². The van der Waals surface area contributed by atoms with Crippen molar-refractivity contribution in [1.82, 2.24) is 0 Å². The molecule has 0 aliphatic rings. The molecule has 0 fully saturated rings. The van der Waals surface area contributed by atoms with Crippen LogP contribution in [0.4, 0.5) is 5.69 Å². The van der Waals surface area contributed by atoms with Gasteiger partial charge in [0.15, 0.2) is 0 Å². The summed E-state index contributed by atoms with van der Waals surface area (Å²) in [5.41, 5.74) is 7.61. The van der Waals surface area contributed by atoms with Gasteiger partial charge in [0.05, 0.1) is 0 Å². The Balaban J connectivity index is 2.76. The zero-order chi connectivity index (χ0) is 8.97. The highest BCUT2D eigenvalue weighted by atomic mass is 14.5. The van der Waals surface area contributed by atoms with Crippen molar-refractivity contribution in [1.29, 1.82) is 0 Å². The van der Waals surface area contributed by atoms with E-state index in [0.717, 1.165) is 12.1 Å². The Hall–Kier alpha value is -1.42. The minimum absolute atomic E-state index is 0.426. The molecule has 2 N–H and O–H groups in total. The lowest BCUT2D eigenvalue weighted by Gasteiger charge is -2.07. The highest BCUT2D eigenvalue weighted by Gasteiger charge is 2.01. The van der Waals surface area contributed by atoms with E-state index < -0.39 is 0 Å². The van der Waals surface area contributed by atoms with Crippen LogP contribution in [0.1, 0.15) is 24.8 Å².